The third-order valence-corrected chi connectivity index (χ3v) is 3.28. The first-order valence-electron chi connectivity index (χ1n) is 5.21. The largest absolute Gasteiger partial charge is 0.493 e. The molecule has 1 saturated carbocycles. The maximum atomic E-state index is 9.94. The molecule has 88 valence electrons. The molecular weight excluding hydrogens is 228 g/mol. The molecule has 4 heteroatoms. The summed E-state index contributed by atoms with van der Waals surface area (Å²) in [4.78, 5) is 0. The summed E-state index contributed by atoms with van der Waals surface area (Å²) in [5, 5.41) is 10.5. The molecule has 1 N–H and O–H groups in total. The van der Waals surface area contributed by atoms with E-state index in [1.807, 2.05) is 0 Å². The molecule has 0 spiro atoms. The Kier molecular flexibility index (Phi) is 3.00. The zero-order valence-electron chi connectivity index (χ0n) is 9.42. The molecule has 0 radical (unpaired) electrons. The van der Waals surface area contributed by atoms with Crippen LogP contribution in [0.25, 0.3) is 0 Å². The molecule has 16 heavy (non-hydrogen) atoms. The summed E-state index contributed by atoms with van der Waals surface area (Å²) in [6.45, 7) is 0. The first-order chi connectivity index (χ1) is 7.59. The van der Waals surface area contributed by atoms with Gasteiger partial charge in [0.25, 0.3) is 0 Å². The number of rotatable bonds is 4. The van der Waals surface area contributed by atoms with Crippen LogP contribution in [-0.4, -0.2) is 24.9 Å². The van der Waals surface area contributed by atoms with Gasteiger partial charge in [-0.25, -0.2) is 0 Å². The van der Waals surface area contributed by atoms with Crippen molar-refractivity contribution in [1.29, 1.82) is 0 Å². The smallest absolute Gasteiger partial charge is 0.165 e. The highest BCUT2D eigenvalue weighted by molar-refractivity contribution is 6.31. The fourth-order valence-electron chi connectivity index (χ4n) is 1.78. The van der Waals surface area contributed by atoms with E-state index < -0.39 is 5.60 Å². The highest BCUT2D eigenvalue weighted by atomic mass is 35.5. The van der Waals surface area contributed by atoms with Crippen LogP contribution in [0.15, 0.2) is 12.1 Å². The third kappa shape index (κ3) is 2.11. The molecule has 0 atom stereocenters. The lowest BCUT2D eigenvalue weighted by molar-refractivity contribution is 0.149. The lowest BCUT2D eigenvalue weighted by Crippen LogP contribution is -2.12. The second-order valence-corrected chi connectivity index (χ2v) is 4.57. The van der Waals surface area contributed by atoms with E-state index in [1.165, 1.54) is 0 Å². The second kappa shape index (κ2) is 4.15. The first-order valence-corrected chi connectivity index (χ1v) is 5.59. The lowest BCUT2D eigenvalue weighted by atomic mass is 10.0. The van der Waals surface area contributed by atoms with Crippen molar-refractivity contribution in [3.8, 4) is 11.5 Å². The quantitative estimate of drug-likeness (QED) is 0.881. The summed E-state index contributed by atoms with van der Waals surface area (Å²) in [6.07, 6.45) is 2.17. The van der Waals surface area contributed by atoms with Gasteiger partial charge in [-0.1, -0.05) is 11.6 Å². The SMILES string of the molecule is COc1ccc(Cl)c(CC2(O)CC2)c1OC. The second-order valence-electron chi connectivity index (χ2n) is 4.16. The van der Waals surface area contributed by atoms with Gasteiger partial charge in [-0.05, 0) is 25.0 Å². The minimum Gasteiger partial charge on any atom is -0.493 e. The highest BCUT2D eigenvalue weighted by Gasteiger charge is 2.41. The zero-order valence-corrected chi connectivity index (χ0v) is 10.2. The van der Waals surface area contributed by atoms with Gasteiger partial charge < -0.3 is 14.6 Å². The van der Waals surface area contributed by atoms with Crippen LogP contribution in [0.3, 0.4) is 0 Å². The number of hydrogen-bond donors (Lipinski definition) is 1. The molecule has 1 aromatic rings. The Morgan fingerprint density at radius 3 is 2.50 bits per heavy atom. The van der Waals surface area contributed by atoms with Crippen molar-refractivity contribution in [3.63, 3.8) is 0 Å². The van der Waals surface area contributed by atoms with Gasteiger partial charge in [-0.2, -0.15) is 0 Å². The fraction of sp³-hybridized carbons (Fsp3) is 0.500. The Morgan fingerprint density at radius 2 is 2.00 bits per heavy atom. The van der Waals surface area contributed by atoms with Crippen LogP contribution in [0.2, 0.25) is 5.02 Å². The van der Waals surface area contributed by atoms with E-state index in [2.05, 4.69) is 0 Å². The standard InChI is InChI=1S/C12H15ClO3/c1-15-10-4-3-9(13)8(11(10)16-2)7-12(14)5-6-12/h3-4,14H,5-7H2,1-2H3. The molecule has 0 bridgehead atoms. The maximum Gasteiger partial charge on any atom is 0.165 e. The monoisotopic (exact) mass is 242 g/mol. The molecule has 2 rings (SSSR count). The van der Waals surface area contributed by atoms with E-state index in [0.717, 1.165) is 18.4 Å². The van der Waals surface area contributed by atoms with Gasteiger partial charge in [-0.3, -0.25) is 0 Å². The van der Waals surface area contributed by atoms with E-state index in [0.29, 0.717) is 22.9 Å². The molecule has 1 aliphatic carbocycles. The van der Waals surface area contributed by atoms with Crippen molar-refractivity contribution in [2.24, 2.45) is 0 Å². The minimum absolute atomic E-state index is 0.520. The molecule has 0 aromatic heterocycles. The van der Waals surface area contributed by atoms with Crippen LogP contribution >= 0.6 is 11.6 Å². The van der Waals surface area contributed by atoms with Crippen LogP contribution in [-0.2, 0) is 6.42 Å². The topological polar surface area (TPSA) is 38.7 Å². The van der Waals surface area contributed by atoms with Crippen molar-refractivity contribution >= 4 is 11.6 Å². The number of halogens is 1. The van der Waals surface area contributed by atoms with Gasteiger partial charge in [0.15, 0.2) is 11.5 Å². The normalized spacial score (nSPS) is 17.0. The Balaban J connectivity index is 2.39. The molecule has 1 aromatic carbocycles. The Morgan fingerprint density at radius 1 is 1.31 bits per heavy atom. The molecule has 0 aliphatic heterocycles. The number of methoxy groups -OCH3 is 2. The molecule has 0 unspecified atom stereocenters. The van der Waals surface area contributed by atoms with Gasteiger partial charge in [0, 0.05) is 17.0 Å². The molecular formula is C12H15ClO3. The minimum atomic E-state index is -0.594. The lowest BCUT2D eigenvalue weighted by Gasteiger charge is -2.16. The van der Waals surface area contributed by atoms with E-state index in [9.17, 15) is 5.11 Å². The predicted octanol–water partition coefficient (Wildman–Crippen LogP) is 2.42. The third-order valence-electron chi connectivity index (χ3n) is 2.92. The zero-order chi connectivity index (χ0) is 11.8. The van der Waals surface area contributed by atoms with E-state index in [4.69, 9.17) is 21.1 Å². The summed E-state index contributed by atoms with van der Waals surface area (Å²) < 4.78 is 10.5. The van der Waals surface area contributed by atoms with Gasteiger partial charge in [0.05, 0.1) is 19.8 Å². The molecule has 1 fully saturated rings. The van der Waals surface area contributed by atoms with Crippen molar-refractivity contribution in [2.75, 3.05) is 14.2 Å². The van der Waals surface area contributed by atoms with Crippen molar-refractivity contribution in [2.45, 2.75) is 24.9 Å². The van der Waals surface area contributed by atoms with Gasteiger partial charge in [0.2, 0.25) is 0 Å². The highest BCUT2D eigenvalue weighted by Crippen LogP contribution is 2.44. The van der Waals surface area contributed by atoms with E-state index in [1.54, 1.807) is 26.4 Å². The average molecular weight is 243 g/mol. The van der Waals surface area contributed by atoms with Crippen LogP contribution in [0.5, 0.6) is 11.5 Å². The molecule has 0 saturated heterocycles. The van der Waals surface area contributed by atoms with Gasteiger partial charge in [0.1, 0.15) is 0 Å². The summed E-state index contributed by atoms with van der Waals surface area (Å²) in [7, 11) is 3.16. The van der Waals surface area contributed by atoms with Gasteiger partial charge >= 0.3 is 0 Å². The van der Waals surface area contributed by atoms with Gasteiger partial charge in [-0.15, -0.1) is 0 Å². The average Bonchev–Trinajstić information content (AvgIpc) is 2.99. The van der Waals surface area contributed by atoms with Crippen LogP contribution in [0.1, 0.15) is 18.4 Å². The van der Waals surface area contributed by atoms with E-state index in [-0.39, 0.29) is 0 Å². The van der Waals surface area contributed by atoms with Crippen LogP contribution in [0.4, 0.5) is 0 Å². The van der Waals surface area contributed by atoms with Crippen molar-refractivity contribution in [3.05, 3.63) is 22.7 Å². The van der Waals surface area contributed by atoms with E-state index >= 15 is 0 Å². The molecule has 0 amide bonds. The Hall–Kier alpha value is -0.930. The van der Waals surface area contributed by atoms with Crippen LogP contribution in [0, 0.1) is 0 Å². The number of hydrogen-bond acceptors (Lipinski definition) is 3. The molecule has 3 nitrogen and oxygen atoms in total. The van der Waals surface area contributed by atoms with Crippen molar-refractivity contribution in [1.82, 2.24) is 0 Å². The summed E-state index contributed by atoms with van der Waals surface area (Å²) in [5.74, 6) is 1.27. The number of benzene rings is 1. The van der Waals surface area contributed by atoms with Crippen molar-refractivity contribution < 1.29 is 14.6 Å². The first kappa shape index (κ1) is 11.6. The fourth-order valence-corrected chi connectivity index (χ4v) is 2.00. The van der Waals surface area contributed by atoms with Crippen LogP contribution < -0.4 is 9.47 Å². The predicted molar refractivity (Wildman–Crippen MR) is 62.4 cm³/mol. The number of ether oxygens (including phenoxy) is 2. The summed E-state index contributed by atoms with van der Waals surface area (Å²) in [6, 6.07) is 3.53. The summed E-state index contributed by atoms with van der Waals surface area (Å²) in [5.41, 5.74) is 0.229. The maximum absolute atomic E-state index is 9.94. The number of aliphatic hydroxyl groups is 1. The molecule has 0 heterocycles. The Bertz CT molecular complexity index is 399. The summed E-state index contributed by atoms with van der Waals surface area (Å²) >= 11 is 6.12. The Labute approximate surface area is 99.9 Å². The molecule has 1 aliphatic rings.